The minimum Gasteiger partial charge on any atom is -0.494 e. The van der Waals surface area contributed by atoms with Gasteiger partial charge in [-0.15, -0.1) is 0 Å². The number of ether oxygens (including phenoxy) is 1. The number of hydrogen-bond acceptors (Lipinski definition) is 3. The van der Waals surface area contributed by atoms with E-state index in [1.54, 1.807) is 36.4 Å². The molecule has 0 radical (unpaired) electrons. The fourth-order valence-electron chi connectivity index (χ4n) is 1.85. The summed E-state index contributed by atoms with van der Waals surface area (Å²) in [6.45, 7) is 2.47. The van der Waals surface area contributed by atoms with Gasteiger partial charge in [-0.3, -0.25) is 9.59 Å². The molecule has 0 spiro atoms. The molecule has 5 heteroatoms. The van der Waals surface area contributed by atoms with Crippen LogP contribution in [0.4, 0.5) is 5.69 Å². The zero-order valence-corrected chi connectivity index (χ0v) is 14.2. The molecule has 0 saturated heterocycles. The fraction of sp³-hybridized carbons (Fsp3) is 0.111. The third-order valence-corrected chi connectivity index (χ3v) is 3.48. The monoisotopic (exact) mass is 373 g/mol. The Balaban J connectivity index is 1.94. The highest BCUT2D eigenvalue weighted by Crippen LogP contribution is 2.14. The van der Waals surface area contributed by atoms with E-state index in [0.29, 0.717) is 23.6 Å². The first kappa shape index (κ1) is 17.0. The van der Waals surface area contributed by atoms with E-state index in [0.717, 1.165) is 4.47 Å². The van der Waals surface area contributed by atoms with Crippen molar-refractivity contribution in [1.82, 2.24) is 0 Å². The smallest absolute Gasteiger partial charge is 0.248 e. The van der Waals surface area contributed by atoms with E-state index in [-0.39, 0.29) is 11.7 Å². The summed E-state index contributed by atoms with van der Waals surface area (Å²) in [5, 5.41) is 2.68. The molecule has 0 aliphatic heterocycles. The molecule has 2 aromatic rings. The van der Waals surface area contributed by atoms with Crippen molar-refractivity contribution in [3.63, 3.8) is 0 Å². The number of allylic oxidation sites excluding steroid dienone is 1. The minimum absolute atomic E-state index is 0.237. The normalized spacial score (nSPS) is 10.5. The number of rotatable bonds is 6. The lowest BCUT2D eigenvalue weighted by molar-refractivity contribution is -0.111. The zero-order chi connectivity index (χ0) is 16.7. The summed E-state index contributed by atoms with van der Waals surface area (Å²) in [6.07, 6.45) is 2.48. The van der Waals surface area contributed by atoms with Crippen LogP contribution in [-0.4, -0.2) is 18.3 Å². The maximum Gasteiger partial charge on any atom is 0.248 e. The maximum absolute atomic E-state index is 12.0. The predicted molar refractivity (Wildman–Crippen MR) is 93.9 cm³/mol. The lowest BCUT2D eigenvalue weighted by atomic mass is 10.1. The van der Waals surface area contributed by atoms with Crippen LogP contribution >= 0.6 is 15.9 Å². The highest BCUT2D eigenvalue weighted by atomic mass is 79.9. The molecular formula is C18H16BrNO3. The van der Waals surface area contributed by atoms with Crippen molar-refractivity contribution < 1.29 is 14.3 Å². The van der Waals surface area contributed by atoms with Crippen LogP contribution in [-0.2, 0) is 4.79 Å². The molecule has 0 aromatic heterocycles. The Kier molecular flexibility index (Phi) is 6.11. The molecular weight excluding hydrogens is 358 g/mol. The van der Waals surface area contributed by atoms with Gasteiger partial charge >= 0.3 is 0 Å². The molecule has 1 N–H and O–H groups in total. The van der Waals surface area contributed by atoms with Gasteiger partial charge in [0.15, 0.2) is 5.78 Å². The Morgan fingerprint density at radius 2 is 1.70 bits per heavy atom. The highest BCUT2D eigenvalue weighted by molar-refractivity contribution is 9.10. The van der Waals surface area contributed by atoms with E-state index >= 15 is 0 Å². The number of benzene rings is 2. The van der Waals surface area contributed by atoms with Gasteiger partial charge in [-0.25, -0.2) is 0 Å². The summed E-state index contributed by atoms with van der Waals surface area (Å²) < 4.78 is 6.24. The molecule has 0 aliphatic carbocycles. The quantitative estimate of drug-likeness (QED) is 0.608. The Labute approximate surface area is 143 Å². The summed E-state index contributed by atoms with van der Waals surface area (Å²) in [4.78, 5) is 23.8. The number of ketones is 1. The Morgan fingerprint density at radius 1 is 1.04 bits per heavy atom. The largest absolute Gasteiger partial charge is 0.494 e. The van der Waals surface area contributed by atoms with Crippen molar-refractivity contribution in [3.8, 4) is 5.75 Å². The molecule has 2 rings (SSSR count). The first-order valence-corrected chi connectivity index (χ1v) is 7.89. The molecule has 0 fully saturated rings. The fourth-order valence-corrected chi connectivity index (χ4v) is 2.11. The summed E-state index contributed by atoms with van der Waals surface area (Å²) in [6, 6.07) is 14.0. The van der Waals surface area contributed by atoms with Gasteiger partial charge < -0.3 is 10.1 Å². The van der Waals surface area contributed by atoms with Gasteiger partial charge in [-0.2, -0.15) is 0 Å². The van der Waals surface area contributed by atoms with E-state index in [2.05, 4.69) is 21.2 Å². The lowest BCUT2D eigenvalue weighted by Gasteiger charge is -2.03. The molecule has 2 aromatic carbocycles. The molecule has 23 heavy (non-hydrogen) atoms. The van der Waals surface area contributed by atoms with Crippen LogP contribution in [0, 0.1) is 0 Å². The average molecular weight is 374 g/mol. The highest BCUT2D eigenvalue weighted by Gasteiger charge is 2.04. The molecule has 1 amide bonds. The molecule has 0 atom stereocenters. The predicted octanol–water partition coefficient (Wildman–Crippen LogP) is 4.23. The second kappa shape index (κ2) is 8.29. The molecule has 0 bridgehead atoms. The number of hydrogen-bond donors (Lipinski definition) is 1. The van der Waals surface area contributed by atoms with Gasteiger partial charge in [0, 0.05) is 21.8 Å². The third-order valence-electron chi connectivity index (χ3n) is 2.95. The Bertz CT molecular complexity index is 706. The van der Waals surface area contributed by atoms with Gasteiger partial charge in [0.25, 0.3) is 0 Å². The zero-order valence-electron chi connectivity index (χ0n) is 12.6. The van der Waals surface area contributed by atoms with Crippen molar-refractivity contribution in [2.75, 3.05) is 11.9 Å². The molecule has 0 aliphatic rings. The van der Waals surface area contributed by atoms with Crippen molar-refractivity contribution in [2.45, 2.75) is 6.92 Å². The van der Waals surface area contributed by atoms with Crippen molar-refractivity contribution in [3.05, 3.63) is 70.7 Å². The minimum atomic E-state index is -0.355. The van der Waals surface area contributed by atoms with Crippen LogP contribution in [0.3, 0.4) is 0 Å². The summed E-state index contributed by atoms with van der Waals surface area (Å²) >= 11 is 3.32. The van der Waals surface area contributed by atoms with Crippen molar-refractivity contribution in [2.24, 2.45) is 0 Å². The summed E-state index contributed by atoms with van der Waals surface area (Å²) in [7, 11) is 0. The number of carbonyl (C=O) groups is 2. The molecule has 0 heterocycles. The van der Waals surface area contributed by atoms with E-state index < -0.39 is 0 Å². The van der Waals surface area contributed by atoms with Crippen LogP contribution in [0.25, 0.3) is 0 Å². The number of carbonyl (C=O) groups excluding carboxylic acids is 2. The molecule has 118 valence electrons. The SMILES string of the molecule is CCOc1ccc(C(=O)/C=C/C(=O)Nc2ccc(Br)cc2)cc1. The molecule has 0 saturated carbocycles. The van der Waals surface area contributed by atoms with Gasteiger partial charge in [-0.1, -0.05) is 15.9 Å². The van der Waals surface area contributed by atoms with Crippen LogP contribution < -0.4 is 10.1 Å². The Morgan fingerprint density at radius 3 is 2.30 bits per heavy atom. The topological polar surface area (TPSA) is 55.4 Å². The van der Waals surface area contributed by atoms with Crippen LogP contribution in [0.1, 0.15) is 17.3 Å². The van der Waals surface area contributed by atoms with Crippen LogP contribution in [0.2, 0.25) is 0 Å². The van der Waals surface area contributed by atoms with Gasteiger partial charge in [0.05, 0.1) is 6.61 Å². The van der Waals surface area contributed by atoms with Crippen molar-refractivity contribution in [1.29, 1.82) is 0 Å². The summed E-state index contributed by atoms with van der Waals surface area (Å²) in [5.41, 5.74) is 1.16. The molecule has 4 nitrogen and oxygen atoms in total. The number of halogens is 1. The second-order valence-electron chi connectivity index (χ2n) is 4.65. The Hall–Kier alpha value is -2.40. The third kappa shape index (κ3) is 5.38. The first-order chi connectivity index (χ1) is 11.1. The number of anilines is 1. The second-order valence-corrected chi connectivity index (χ2v) is 5.57. The van der Waals surface area contributed by atoms with Gasteiger partial charge in [0.2, 0.25) is 5.91 Å². The van der Waals surface area contributed by atoms with Crippen molar-refractivity contribution >= 4 is 33.3 Å². The average Bonchev–Trinajstić information content (AvgIpc) is 2.56. The van der Waals surface area contributed by atoms with E-state index in [9.17, 15) is 9.59 Å². The first-order valence-electron chi connectivity index (χ1n) is 7.10. The number of amides is 1. The van der Waals surface area contributed by atoms with Crippen LogP contribution in [0.15, 0.2) is 65.2 Å². The van der Waals surface area contributed by atoms with Crippen LogP contribution in [0.5, 0.6) is 5.75 Å². The standard InChI is InChI=1S/C18H16BrNO3/c1-2-23-16-9-3-13(4-10-16)17(21)11-12-18(22)20-15-7-5-14(19)6-8-15/h3-12H,2H2,1H3,(H,20,22)/b12-11+. The lowest BCUT2D eigenvalue weighted by Crippen LogP contribution is -2.08. The van der Waals surface area contributed by atoms with Gasteiger partial charge in [0.1, 0.15) is 5.75 Å². The van der Waals surface area contributed by atoms with E-state index in [1.165, 1.54) is 12.2 Å². The van der Waals surface area contributed by atoms with E-state index in [1.807, 2.05) is 19.1 Å². The maximum atomic E-state index is 12.0. The van der Waals surface area contributed by atoms with E-state index in [4.69, 9.17) is 4.74 Å². The molecule has 0 unspecified atom stereocenters. The summed E-state index contributed by atoms with van der Waals surface area (Å²) in [5.74, 6) is 0.117. The number of nitrogens with one attached hydrogen (secondary N) is 1. The van der Waals surface area contributed by atoms with Gasteiger partial charge in [-0.05, 0) is 61.5 Å².